The molecular formula is C19H25ClN4O2. The lowest BCUT2D eigenvalue weighted by Crippen LogP contribution is -2.55. The summed E-state index contributed by atoms with van der Waals surface area (Å²) in [6.45, 7) is 6.09. The normalized spacial score (nSPS) is 18.4. The van der Waals surface area contributed by atoms with Crippen LogP contribution in [0.1, 0.15) is 25.1 Å². The van der Waals surface area contributed by atoms with E-state index in [-0.39, 0.29) is 11.9 Å². The van der Waals surface area contributed by atoms with E-state index in [0.717, 1.165) is 35.7 Å². The largest absolute Gasteiger partial charge is 0.497 e. The zero-order chi connectivity index (χ0) is 18.8. The van der Waals surface area contributed by atoms with E-state index in [2.05, 4.69) is 16.9 Å². The zero-order valence-corrected chi connectivity index (χ0v) is 16.5. The van der Waals surface area contributed by atoms with E-state index in [4.69, 9.17) is 16.3 Å². The Bertz CT molecular complexity index is 788. The van der Waals surface area contributed by atoms with Crippen molar-refractivity contribution in [1.82, 2.24) is 14.7 Å². The number of nitrogens with zero attached hydrogens (tertiary/aromatic N) is 4. The van der Waals surface area contributed by atoms with E-state index in [1.807, 2.05) is 43.1 Å². The summed E-state index contributed by atoms with van der Waals surface area (Å²) in [7, 11) is 3.48. The smallest absolute Gasteiger partial charge is 0.244 e. The number of amides is 1. The zero-order valence-electron chi connectivity index (χ0n) is 15.7. The second-order valence-electron chi connectivity index (χ2n) is 6.53. The number of methoxy groups -OCH3 is 1. The highest BCUT2D eigenvalue weighted by Crippen LogP contribution is 2.27. The minimum atomic E-state index is -0.216. The van der Waals surface area contributed by atoms with Crippen LogP contribution >= 0.6 is 11.6 Å². The van der Waals surface area contributed by atoms with Gasteiger partial charge in [0.25, 0.3) is 0 Å². The molecule has 0 radical (unpaired) electrons. The van der Waals surface area contributed by atoms with Gasteiger partial charge in [0.05, 0.1) is 18.8 Å². The van der Waals surface area contributed by atoms with E-state index >= 15 is 0 Å². The molecule has 3 rings (SSSR count). The highest BCUT2D eigenvalue weighted by Gasteiger charge is 2.33. The number of aromatic nitrogens is 2. The van der Waals surface area contributed by atoms with Crippen LogP contribution in [0.4, 0.5) is 5.69 Å². The highest BCUT2D eigenvalue weighted by atomic mass is 35.5. The Morgan fingerprint density at radius 1 is 1.27 bits per heavy atom. The summed E-state index contributed by atoms with van der Waals surface area (Å²) < 4.78 is 6.90. The van der Waals surface area contributed by atoms with Crippen LogP contribution in [0.25, 0.3) is 0 Å². The minimum absolute atomic E-state index is 0.0967. The lowest BCUT2D eigenvalue weighted by atomic mass is 10.1. The molecule has 2 heterocycles. The fourth-order valence-corrected chi connectivity index (χ4v) is 3.60. The second-order valence-corrected chi connectivity index (χ2v) is 6.89. The second kappa shape index (κ2) is 7.68. The lowest BCUT2D eigenvalue weighted by molar-refractivity contribution is -0.125. The maximum Gasteiger partial charge on any atom is 0.244 e. The summed E-state index contributed by atoms with van der Waals surface area (Å²) in [4.78, 5) is 16.9. The van der Waals surface area contributed by atoms with Crippen molar-refractivity contribution in [2.75, 3.05) is 25.1 Å². The number of benzene rings is 1. The van der Waals surface area contributed by atoms with Crippen molar-refractivity contribution in [1.29, 1.82) is 0 Å². The number of ether oxygens (including phenoxy) is 1. The van der Waals surface area contributed by atoms with Gasteiger partial charge >= 0.3 is 0 Å². The average molecular weight is 377 g/mol. The molecule has 1 atom stereocenters. The van der Waals surface area contributed by atoms with Crippen molar-refractivity contribution in [2.24, 2.45) is 7.05 Å². The molecule has 140 valence electrons. The predicted octanol–water partition coefficient (Wildman–Crippen LogP) is 2.88. The topological polar surface area (TPSA) is 50.6 Å². The Kier molecular flexibility index (Phi) is 5.53. The third kappa shape index (κ3) is 3.44. The Hall–Kier alpha value is -2.05. The molecule has 0 unspecified atom stereocenters. The quantitative estimate of drug-likeness (QED) is 0.805. The third-order valence-electron chi connectivity index (χ3n) is 5.01. The molecule has 0 bridgehead atoms. The molecule has 2 aromatic rings. The molecule has 1 aliphatic rings. The minimum Gasteiger partial charge on any atom is -0.497 e. The van der Waals surface area contributed by atoms with Gasteiger partial charge in [-0.1, -0.05) is 18.5 Å². The molecule has 1 aromatic carbocycles. The Labute approximate surface area is 159 Å². The first-order valence-corrected chi connectivity index (χ1v) is 9.23. The van der Waals surface area contributed by atoms with Gasteiger partial charge < -0.3 is 9.64 Å². The summed E-state index contributed by atoms with van der Waals surface area (Å²) >= 11 is 6.42. The standard InChI is InChI=1S/C19H25ClN4O2/c1-5-17-16(18(20)22(3)21-17)12-23-10-11-24(19(25)13(23)2)14-6-8-15(26-4)9-7-14/h6-9,13H,5,10-12H2,1-4H3/t13-/m0/s1. The van der Waals surface area contributed by atoms with Crippen molar-refractivity contribution in [2.45, 2.75) is 32.9 Å². The van der Waals surface area contributed by atoms with Crippen molar-refractivity contribution < 1.29 is 9.53 Å². The monoisotopic (exact) mass is 376 g/mol. The summed E-state index contributed by atoms with van der Waals surface area (Å²) in [6.07, 6.45) is 0.823. The Morgan fingerprint density at radius 2 is 1.96 bits per heavy atom. The number of piperazine rings is 1. The molecule has 0 aliphatic carbocycles. The van der Waals surface area contributed by atoms with Crippen LogP contribution in [0.15, 0.2) is 24.3 Å². The molecular weight excluding hydrogens is 352 g/mol. The van der Waals surface area contributed by atoms with Gasteiger partial charge in [-0.2, -0.15) is 5.10 Å². The molecule has 1 amide bonds. The Morgan fingerprint density at radius 3 is 2.58 bits per heavy atom. The number of halogens is 1. The SMILES string of the molecule is CCc1nn(C)c(Cl)c1CN1CCN(c2ccc(OC)cc2)C(=O)[C@@H]1C. The summed E-state index contributed by atoms with van der Waals surface area (Å²) in [5, 5.41) is 5.12. The molecule has 6 nitrogen and oxygen atoms in total. The van der Waals surface area contributed by atoms with Crippen LogP contribution in [-0.4, -0.2) is 46.8 Å². The number of aryl methyl sites for hydroxylation is 2. The van der Waals surface area contributed by atoms with Gasteiger partial charge in [0, 0.05) is 37.9 Å². The number of anilines is 1. The van der Waals surface area contributed by atoms with E-state index in [0.29, 0.717) is 18.2 Å². The molecule has 0 N–H and O–H groups in total. The fourth-order valence-electron chi connectivity index (χ4n) is 3.39. The van der Waals surface area contributed by atoms with Crippen LogP contribution in [0.5, 0.6) is 5.75 Å². The van der Waals surface area contributed by atoms with Crippen LogP contribution in [0.3, 0.4) is 0 Å². The first-order valence-electron chi connectivity index (χ1n) is 8.86. The number of hydrogen-bond acceptors (Lipinski definition) is 4. The maximum atomic E-state index is 12.9. The van der Waals surface area contributed by atoms with Crippen LogP contribution < -0.4 is 9.64 Å². The van der Waals surface area contributed by atoms with Crippen molar-refractivity contribution >= 4 is 23.2 Å². The van der Waals surface area contributed by atoms with Gasteiger partial charge in [0.15, 0.2) is 0 Å². The predicted molar refractivity (Wildman–Crippen MR) is 103 cm³/mol. The van der Waals surface area contributed by atoms with Gasteiger partial charge in [0.2, 0.25) is 5.91 Å². The van der Waals surface area contributed by atoms with Crippen LogP contribution in [0.2, 0.25) is 5.15 Å². The lowest BCUT2D eigenvalue weighted by Gasteiger charge is -2.39. The number of carbonyl (C=O) groups is 1. The number of hydrogen-bond donors (Lipinski definition) is 0. The molecule has 7 heteroatoms. The third-order valence-corrected chi connectivity index (χ3v) is 5.49. The summed E-state index contributed by atoms with van der Waals surface area (Å²) in [5.41, 5.74) is 2.92. The van der Waals surface area contributed by atoms with Crippen molar-refractivity contribution in [3.8, 4) is 5.75 Å². The van der Waals surface area contributed by atoms with Crippen molar-refractivity contribution in [3.63, 3.8) is 0 Å². The molecule has 1 aromatic heterocycles. The Balaban J connectivity index is 1.75. The molecule has 26 heavy (non-hydrogen) atoms. The van der Waals surface area contributed by atoms with E-state index < -0.39 is 0 Å². The first-order chi connectivity index (χ1) is 12.5. The van der Waals surface area contributed by atoms with Gasteiger partial charge in [-0.05, 0) is 37.6 Å². The van der Waals surface area contributed by atoms with Gasteiger partial charge in [-0.25, -0.2) is 0 Å². The molecule has 1 saturated heterocycles. The molecule has 1 aliphatic heterocycles. The van der Waals surface area contributed by atoms with Crippen LogP contribution in [-0.2, 0) is 24.8 Å². The van der Waals surface area contributed by atoms with E-state index in [1.165, 1.54) is 0 Å². The number of rotatable bonds is 5. The van der Waals surface area contributed by atoms with Gasteiger partial charge in [0.1, 0.15) is 10.9 Å². The molecule has 0 spiro atoms. The van der Waals surface area contributed by atoms with Crippen molar-refractivity contribution in [3.05, 3.63) is 40.7 Å². The average Bonchev–Trinajstić information content (AvgIpc) is 2.93. The first kappa shape index (κ1) is 18.7. The highest BCUT2D eigenvalue weighted by molar-refractivity contribution is 6.30. The van der Waals surface area contributed by atoms with Gasteiger partial charge in [-0.3, -0.25) is 14.4 Å². The summed E-state index contributed by atoms with van der Waals surface area (Å²) in [6, 6.07) is 7.39. The number of carbonyl (C=O) groups excluding carboxylic acids is 1. The van der Waals surface area contributed by atoms with E-state index in [9.17, 15) is 4.79 Å². The maximum absolute atomic E-state index is 12.9. The van der Waals surface area contributed by atoms with E-state index in [1.54, 1.807) is 11.8 Å². The van der Waals surface area contributed by atoms with Gasteiger partial charge in [-0.15, -0.1) is 0 Å². The fraction of sp³-hybridized carbons (Fsp3) is 0.474. The molecule has 0 saturated carbocycles. The van der Waals surface area contributed by atoms with Crippen LogP contribution in [0, 0.1) is 0 Å². The summed E-state index contributed by atoms with van der Waals surface area (Å²) in [5.74, 6) is 0.880. The molecule has 1 fully saturated rings.